The van der Waals surface area contributed by atoms with Crippen LogP contribution in [0.25, 0.3) is 0 Å². The molecular weight excluding hydrogens is 506 g/mol. The molecule has 0 radical (unpaired) electrons. The minimum atomic E-state index is -6.31. The SMILES string of the molecule is CNc1ccc(NC(=O)c2cc(C(C)=O)c(C(=O)O)cc2C(=O)O)c(C(O)(C(F)(F)F)C(F)(F)F)c1. The van der Waals surface area contributed by atoms with Gasteiger partial charge in [0.2, 0.25) is 0 Å². The number of amides is 1. The van der Waals surface area contributed by atoms with Gasteiger partial charge in [-0.05, 0) is 37.3 Å². The number of carboxylic acids is 2. The lowest BCUT2D eigenvalue weighted by Gasteiger charge is -2.34. The molecular formula is C21H16F6N2O7. The molecule has 9 nitrogen and oxygen atoms in total. The molecule has 0 spiro atoms. The molecule has 0 aliphatic rings. The first-order chi connectivity index (χ1) is 16.4. The van der Waals surface area contributed by atoms with Crippen molar-refractivity contribution in [3.8, 4) is 0 Å². The van der Waals surface area contributed by atoms with Crippen LogP contribution in [0.2, 0.25) is 0 Å². The summed E-state index contributed by atoms with van der Waals surface area (Å²) in [6.45, 7) is 0.880. The van der Waals surface area contributed by atoms with Crippen LogP contribution in [-0.2, 0) is 5.60 Å². The molecule has 0 aliphatic carbocycles. The highest BCUT2D eigenvalue weighted by molar-refractivity contribution is 6.15. The minimum Gasteiger partial charge on any atom is -0.478 e. The van der Waals surface area contributed by atoms with Crippen molar-refractivity contribution in [2.24, 2.45) is 0 Å². The Bertz CT molecular complexity index is 1240. The molecule has 0 atom stereocenters. The molecule has 2 aromatic rings. The van der Waals surface area contributed by atoms with Gasteiger partial charge in [0, 0.05) is 29.5 Å². The zero-order valence-corrected chi connectivity index (χ0v) is 18.1. The molecule has 0 saturated heterocycles. The zero-order valence-electron chi connectivity index (χ0n) is 18.1. The Hall–Kier alpha value is -4.14. The number of halogens is 6. The molecule has 0 bridgehead atoms. The van der Waals surface area contributed by atoms with E-state index in [-0.39, 0.29) is 11.8 Å². The number of hydrogen-bond acceptors (Lipinski definition) is 6. The van der Waals surface area contributed by atoms with E-state index in [0.29, 0.717) is 18.2 Å². The number of rotatable bonds is 7. The average molecular weight is 522 g/mol. The second-order valence-electron chi connectivity index (χ2n) is 7.28. The van der Waals surface area contributed by atoms with E-state index >= 15 is 0 Å². The predicted octanol–water partition coefficient (Wildman–Crippen LogP) is 3.89. The maximum atomic E-state index is 13.5. The number of nitrogens with one attached hydrogen (secondary N) is 2. The van der Waals surface area contributed by atoms with Gasteiger partial charge in [-0.1, -0.05) is 0 Å². The van der Waals surface area contributed by atoms with Gasteiger partial charge in [0.1, 0.15) is 0 Å². The van der Waals surface area contributed by atoms with Gasteiger partial charge in [-0.25, -0.2) is 9.59 Å². The van der Waals surface area contributed by atoms with Gasteiger partial charge in [0.05, 0.1) is 16.7 Å². The zero-order chi connectivity index (χ0) is 27.8. The Morgan fingerprint density at radius 2 is 1.25 bits per heavy atom. The average Bonchev–Trinajstić information content (AvgIpc) is 2.75. The van der Waals surface area contributed by atoms with E-state index in [2.05, 4.69) is 5.32 Å². The van der Waals surface area contributed by atoms with E-state index in [9.17, 15) is 60.8 Å². The second kappa shape index (κ2) is 9.49. The normalized spacial score (nSPS) is 12.1. The number of aliphatic hydroxyl groups is 1. The summed E-state index contributed by atoms with van der Waals surface area (Å²) in [7, 11) is 1.16. The highest BCUT2D eigenvalue weighted by Gasteiger charge is 2.72. The van der Waals surface area contributed by atoms with Crippen LogP contribution in [0.3, 0.4) is 0 Å². The van der Waals surface area contributed by atoms with Crippen LogP contribution in [0, 0.1) is 0 Å². The van der Waals surface area contributed by atoms with Crippen molar-refractivity contribution in [1.82, 2.24) is 0 Å². The lowest BCUT2D eigenvalue weighted by Crippen LogP contribution is -2.54. The van der Waals surface area contributed by atoms with Crippen LogP contribution >= 0.6 is 0 Å². The first-order valence-corrected chi connectivity index (χ1v) is 9.51. The van der Waals surface area contributed by atoms with Crippen molar-refractivity contribution < 1.29 is 60.8 Å². The standard InChI is InChI=1S/C21H16F6N2O7/c1-8(30)10-6-11(13(18(34)35)7-12(10)17(32)33)16(31)29-15-4-3-9(28-2)5-14(15)19(36,20(22,23)24)21(25,26)27/h3-7,28,36H,1-2H3,(H,29,31)(H,32,33)(H,34,35). The molecule has 0 fully saturated rings. The largest absolute Gasteiger partial charge is 0.478 e. The Morgan fingerprint density at radius 3 is 1.67 bits per heavy atom. The van der Waals surface area contributed by atoms with E-state index in [0.717, 1.165) is 20.0 Å². The minimum absolute atomic E-state index is 0.281. The molecule has 0 aromatic heterocycles. The van der Waals surface area contributed by atoms with Crippen molar-refractivity contribution in [2.75, 3.05) is 17.7 Å². The number of carbonyl (C=O) groups is 4. The summed E-state index contributed by atoms with van der Waals surface area (Å²) < 4.78 is 81.1. The van der Waals surface area contributed by atoms with Crippen LogP contribution in [0.5, 0.6) is 0 Å². The van der Waals surface area contributed by atoms with Gasteiger partial charge in [-0.15, -0.1) is 0 Å². The summed E-state index contributed by atoms with van der Waals surface area (Å²) in [5.74, 6) is -6.15. The number of carbonyl (C=O) groups excluding carboxylic acids is 2. The number of ketones is 1. The fraction of sp³-hybridized carbons (Fsp3) is 0.238. The van der Waals surface area contributed by atoms with Crippen LogP contribution in [0.4, 0.5) is 37.7 Å². The number of alkyl halides is 6. The summed E-state index contributed by atoms with van der Waals surface area (Å²) >= 11 is 0. The lowest BCUT2D eigenvalue weighted by molar-refractivity contribution is -0.376. The summed E-state index contributed by atoms with van der Waals surface area (Å²) in [6, 6.07) is 2.82. The van der Waals surface area contributed by atoms with E-state index < -0.39 is 75.1 Å². The van der Waals surface area contributed by atoms with E-state index in [4.69, 9.17) is 0 Å². The highest BCUT2D eigenvalue weighted by Crippen LogP contribution is 2.52. The Morgan fingerprint density at radius 1 is 0.778 bits per heavy atom. The summed E-state index contributed by atoms with van der Waals surface area (Å²) in [4.78, 5) is 47.7. The Labute approximate surface area is 197 Å². The van der Waals surface area contributed by atoms with Crippen LogP contribution in [0.1, 0.15) is 53.9 Å². The first kappa shape index (κ1) is 28.1. The maximum absolute atomic E-state index is 13.5. The fourth-order valence-corrected chi connectivity index (χ4v) is 3.20. The van der Waals surface area contributed by atoms with Crippen LogP contribution in [0.15, 0.2) is 30.3 Å². The van der Waals surface area contributed by atoms with Crippen molar-refractivity contribution >= 4 is 35.0 Å². The van der Waals surface area contributed by atoms with Crippen molar-refractivity contribution in [2.45, 2.75) is 24.9 Å². The van der Waals surface area contributed by atoms with Gasteiger partial charge < -0.3 is 26.0 Å². The van der Waals surface area contributed by atoms with Crippen LogP contribution < -0.4 is 10.6 Å². The molecule has 15 heteroatoms. The smallest absolute Gasteiger partial charge is 0.430 e. The number of carboxylic acid groups (broad SMARTS) is 2. The quantitative estimate of drug-likeness (QED) is 0.271. The van der Waals surface area contributed by atoms with Crippen molar-refractivity contribution in [3.63, 3.8) is 0 Å². The fourth-order valence-electron chi connectivity index (χ4n) is 3.20. The number of anilines is 2. The van der Waals surface area contributed by atoms with Crippen molar-refractivity contribution in [3.05, 3.63) is 58.1 Å². The van der Waals surface area contributed by atoms with Gasteiger partial charge in [0.25, 0.3) is 11.5 Å². The van der Waals surface area contributed by atoms with E-state index in [1.165, 1.54) is 0 Å². The molecule has 0 heterocycles. The van der Waals surface area contributed by atoms with Gasteiger partial charge in [-0.2, -0.15) is 26.3 Å². The molecule has 2 aromatic carbocycles. The van der Waals surface area contributed by atoms with Crippen molar-refractivity contribution in [1.29, 1.82) is 0 Å². The Kier molecular flexibility index (Phi) is 7.40. The van der Waals surface area contributed by atoms with Gasteiger partial charge in [-0.3, -0.25) is 9.59 Å². The topological polar surface area (TPSA) is 153 Å². The highest BCUT2D eigenvalue weighted by atomic mass is 19.4. The monoisotopic (exact) mass is 522 g/mol. The summed E-state index contributed by atoms with van der Waals surface area (Å²) in [5.41, 5.74) is -12.2. The number of aromatic carboxylic acids is 2. The second-order valence-corrected chi connectivity index (χ2v) is 7.28. The third-order valence-electron chi connectivity index (χ3n) is 5.01. The Balaban J connectivity index is 2.79. The molecule has 0 unspecified atom stereocenters. The lowest BCUT2D eigenvalue weighted by atomic mass is 9.89. The number of benzene rings is 2. The molecule has 0 saturated carbocycles. The number of Topliss-reactive ketones (excluding diaryl/α,β-unsaturated/α-hetero) is 1. The number of hydrogen-bond donors (Lipinski definition) is 5. The third kappa shape index (κ3) is 4.95. The molecule has 1 amide bonds. The third-order valence-corrected chi connectivity index (χ3v) is 5.01. The summed E-state index contributed by atoms with van der Waals surface area (Å²) in [5, 5.41) is 32.4. The molecule has 5 N–H and O–H groups in total. The maximum Gasteiger partial charge on any atom is 0.430 e. The molecule has 0 aliphatic heterocycles. The van der Waals surface area contributed by atoms with Gasteiger partial charge >= 0.3 is 24.3 Å². The summed E-state index contributed by atoms with van der Waals surface area (Å²) in [6.07, 6.45) is -12.6. The van der Waals surface area contributed by atoms with E-state index in [1.807, 2.05) is 0 Å². The molecule has 194 valence electrons. The first-order valence-electron chi connectivity index (χ1n) is 9.51. The van der Waals surface area contributed by atoms with Gasteiger partial charge in [0.15, 0.2) is 5.78 Å². The molecule has 36 heavy (non-hydrogen) atoms. The predicted molar refractivity (Wildman–Crippen MR) is 110 cm³/mol. The van der Waals surface area contributed by atoms with Crippen LogP contribution in [-0.4, -0.2) is 58.3 Å². The van der Waals surface area contributed by atoms with E-state index in [1.54, 1.807) is 5.32 Å². The molecule has 2 rings (SSSR count).